The van der Waals surface area contributed by atoms with Crippen molar-refractivity contribution in [2.75, 3.05) is 19.6 Å². The van der Waals surface area contributed by atoms with Crippen LogP contribution in [0.1, 0.15) is 23.2 Å². The quantitative estimate of drug-likeness (QED) is 0.788. The maximum Gasteiger partial charge on any atom is 0.253 e. The van der Waals surface area contributed by atoms with E-state index in [1.165, 1.54) is 0 Å². The fourth-order valence-corrected chi connectivity index (χ4v) is 3.32. The molecule has 7 heteroatoms. The molecule has 1 aliphatic heterocycles. The van der Waals surface area contributed by atoms with Gasteiger partial charge in [0.05, 0.1) is 12.1 Å². The normalized spacial score (nSPS) is 14.5. The van der Waals surface area contributed by atoms with Crippen LogP contribution in [0.25, 0.3) is 10.9 Å². The lowest BCUT2D eigenvalue weighted by molar-refractivity contribution is -0.129. The van der Waals surface area contributed by atoms with E-state index in [4.69, 9.17) is 0 Å². The van der Waals surface area contributed by atoms with Crippen molar-refractivity contribution < 1.29 is 9.59 Å². The SMILES string of the molecule is O=C(NCC(=O)N1CCCC1)c1c[nH]c2cc(Br)c(Br)cc12. The minimum Gasteiger partial charge on any atom is -0.360 e. The Morgan fingerprint density at radius 3 is 2.59 bits per heavy atom. The number of hydrogen-bond acceptors (Lipinski definition) is 2. The number of nitrogens with one attached hydrogen (secondary N) is 2. The monoisotopic (exact) mass is 427 g/mol. The number of halogens is 2. The average molecular weight is 429 g/mol. The lowest BCUT2D eigenvalue weighted by Crippen LogP contribution is -2.38. The molecule has 1 aromatic heterocycles. The van der Waals surface area contributed by atoms with Crippen LogP contribution in [-0.4, -0.2) is 41.3 Å². The van der Waals surface area contributed by atoms with E-state index in [1.807, 2.05) is 12.1 Å². The predicted molar refractivity (Wildman–Crippen MR) is 91.8 cm³/mol. The Balaban J connectivity index is 1.72. The van der Waals surface area contributed by atoms with E-state index in [2.05, 4.69) is 42.2 Å². The minimum absolute atomic E-state index is 0.0189. The summed E-state index contributed by atoms with van der Waals surface area (Å²) in [4.78, 5) is 29.1. The van der Waals surface area contributed by atoms with Gasteiger partial charge in [0.15, 0.2) is 0 Å². The fourth-order valence-electron chi connectivity index (χ4n) is 2.63. The van der Waals surface area contributed by atoms with Gasteiger partial charge in [0.25, 0.3) is 5.91 Å². The van der Waals surface area contributed by atoms with E-state index < -0.39 is 0 Å². The lowest BCUT2D eigenvalue weighted by atomic mass is 10.1. The summed E-state index contributed by atoms with van der Waals surface area (Å²) < 4.78 is 1.79. The third-order valence-corrected chi connectivity index (χ3v) is 5.67. The number of rotatable bonds is 3. The number of aromatic amines is 1. The molecule has 3 rings (SSSR count). The molecule has 22 heavy (non-hydrogen) atoms. The van der Waals surface area contributed by atoms with E-state index in [0.29, 0.717) is 5.56 Å². The first kappa shape index (κ1) is 15.6. The number of carbonyl (C=O) groups is 2. The fraction of sp³-hybridized carbons (Fsp3) is 0.333. The summed E-state index contributed by atoms with van der Waals surface area (Å²) in [7, 11) is 0. The van der Waals surface area contributed by atoms with Gasteiger partial charge < -0.3 is 15.2 Å². The smallest absolute Gasteiger partial charge is 0.253 e. The summed E-state index contributed by atoms with van der Waals surface area (Å²) in [6, 6.07) is 3.79. The Morgan fingerprint density at radius 2 is 1.86 bits per heavy atom. The number of aromatic nitrogens is 1. The molecule has 0 atom stereocenters. The molecule has 0 aliphatic carbocycles. The summed E-state index contributed by atoms with van der Waals surface area (Å²) in [5, 5.41) is 3.53. The number of carbonyl (C=O) groups excluding carboxylic acids is 2. The Morgan fingerprint density at radius 1 is 1.18 bits per heavy atom. The number of fused-ring (bicyclic) bond motifs is 1. The zero-order valence-corrected chi connectivity index (χ0v) is 15.0. The molecule has 2 heterocycles. The molecule has 0 saturated carbocycles. The molecule has 2 aromatic rings. The molecule has 0 unspecified atom stereocenters. The van der Waals surface area contributed by atoms with Crippen LogP contribution in [0.5, 0.6) is 0 Å². The van der Waals surface area contributed by atoms with E-state index in [1.54, 1.807) is 11.1 Å². The van der Waals surface area contributed by atoms with Crippen molar-refractivity contribution in [3.05, 3.63) is 32.8 Å². The Bertz CT molecular complexity index is 736. The number of likely N-dealkylation sites (tertiary alicyclic amines) is 1. The second-order valence-corrected chi connectivity index (χ2v) is 6.99. The molecule has 5 nitrogen and oxygen atoms in total. The molecule has 116 valence electrons. The van der Waals surface area contributed by atoms with Crippen LogP contribution >= 0.6 is 31.9 Å². The molecule has 1 aliphatic rings. The predicted octanol–water partition coefficient (Wildman–Crippen LogP) is 3.05. The number of benzene rings is 1. The standard InChI is InChI=1S/C15H15Br2N3O2/c16-11-5-9-10(7-18-13(9)6-12(11)17)15(22)19-8-14(21)20-3-1-2-4-20/h5-7,18H,1-4,8H2,(H,19,22). The van der Waals surface area contributed by atoms with Gasteiger partial charge in [0.2, 0.25) is 5.91 Å². The molecule has 1 saturated heterocycles. The molecule has 1 aromatic carbocycles. The van der Waals surface area contributed by atoms with Gasteiger partial charge in [-0.25, -0.2) is 0 Å². The Hall–Kier alpha value is -1.34. The second kappa shape index (κ2) is 6.42. The number of H-pyrrole nitrogens is 1. The molecule has 0 radical (unpaired) electrons. The Labute approximate surface area is 144 Å². The third-order valence-electron chi connectivity index (χ3n) is 3.83. The van der Waals surface area contributed by atoms with Gasteiger partial charge in [0, 0.05) is 39.1 Å². The lowest BCUT2D eigenvalue weighted by Gasteiger charge is -2.15. The van der Waals surface area contributed by atoms with Crippen molar-refractivity contribution in [2.45, 2.75) is 12.8 Å². The first-order valence-corrected chi connectivity index (χ1v) is 8.67. The molecule has 2 N–H and O–H groups in total. The molecular weight excluding hydrogens is 414 g/mol. The summed E-state index contributed by atoms with van der Waals surface area (Å²) in [6.07, 6.45) is 3.76. The van der Waals surface area contributed by atoms with Crippen LogP contribution < -0.4 is 5.32 Å². The zero-order chi connectivity index (χ0) is 15.7. The average Bonchev–Trinajstić information content (AvgIpc) is 3.14. The highest BCUT2D eigenvalue weighted by molar-refractivity contribution is 9.13. The first-order valence-electron chi connectivity index (χ1n) is 7.08. The number of amides is 2. The molecular formula is C15H15Br2N3O2. The van der Waals surface area contributed by atoms with Crippen molar-refractivity contribution >= 4 is 54.6 Å². The molecule has 0 spiro atoms. The Kier molecular flexibility index (Phi) is 4.54. The maximum atomic E-state index is 12.3. The maximum absolute atomic E-state index is 12.3. The van der Waals surface area contributed by atoms with E-state index >= 15 is 0 Å². The van der Waals surface area contributed by atoms with Gasteiger partial charge in [-0.15, -0.1) is 0 Å². The van der Waals surface area contributed by atoms with Crippen LogP contribution in [0.15, 0.2) is 27.3 Å². The van der Waals surface area contributed by atoms with E-state index in [9.17, 15) is 9.59 Å². The largest absolute Gasteiger partial charge is 0.360 e. The zero-order valence-electron chi connectivity index (χ0n) is 11.8. The number of hydrogen-bond donors (Lipinski definition) is 2. The van der Waals surface area contributed by atoms with Crippen molar-refractivity contribution in [3.8, 4) is 0 Å². The summed E-state index contributed by atoms with van der Waals surface area (Å²) >= 11 is 6.87. The van der Waals surface area contributed by atoms with Crippen LogP contribution in [-0.2, 0) is 4.79 Å². The van der Waals surface area contributed by atoms with Gasteiger partial charge in [-0.3, -0.25) is 9.59 Å². The van der Waals surface area contributed by atoms with Crippen LogP contribution in [0.4, 0.5) is 0 Å². The van der Waals surface area contributed by atoms with Crippen molar-refractivity contribution in [3.63, 3.8) is 0 Å². The minimum atomic E-state index is -0.243. The van der Waals surface area contributed by atoms with Crippen LogP contribution in [0, 0.1) is 0 Å². The molecule has 2 amide bonds. The van der Waals surface area contributed by atoms with Gasteiger partial charge >= 0.3 is 0 Å². The number of nitrogens with zero attached hydrogens (tertiary/aromatic N) is 1. The molecule has 0 bridgehead atoms. The van der Waals surface area contributed by atoms with Crippen molar-refractivity contribution in [2.24, 2.45) is 0 Å². The van der Waals surface area contributed by atoms with E-state index in [-0.39, 0.29) is 18.4 Å². The first-order chi connectivity index (χ1) is 10.6. The van der Waals surface area contributed by atoms with E-state index in [0.717, 1.165) is 45.8 Å². The van der Waals surface area contributed by atoms with Crippen molar-refractivity contribution in [1.29, 1.82) is 0 Å². The highest BCUT2D eigenvalue weighted by atomic mass is 79.9. The van der Waals surface area contributed by atoms with Crippen LogP contribution in [0.3, 0.4) is 0 Å². The molecule has 1 fully saturated rings. The van der Waals surface area contributed by atoms with Gasteiger partial charge in [0.1, 0.15) is 0 Å². The van der Waals surface area contributed by atoms with Crippen LogP contribution in [0.2, 0.25) is 0 Å². The van der Waals surface area contributed by atoms with Gasteiger partial charge in [-0.05, 0) is 56.8 Å². The highest BCUT2D eigenvalue weighted by Crippen LogP contribution is 2.30. The summed E-state index contributed by atoms with van der Waals surface area (Å²) in [5.41, 5.74) is 1.41. The second-order valence-electron chi connectivity index (χ2n) is 5.28. The van der Waals surface area contributed by atoms with Gasteiger partial charge in [-0.2, -0.15) is 0 Å². The topological polar surface area (TPSA) is 65.2 Å². The summed E-state index contributed by atoms with van der Waals surface area (Å²) in [5.74, 6) is -0.261. The highest BCUT2D eigenvalue weighted by Gasteiger charge is 2.19. The van der Waals surface area contributed by atoms with Gasteiger partial charge in [-0.1, -0.05) is 0 Å². The van der Waals surface area contributed by atoms with Crippen molar-refractivity contribution in [1.82, 2.24) is 15.2 Å². The third kappa shape index (κ3) is 3.05. The summed E-state index contributed by atoms with van der Waals surface area (Å²) in [6.45, 7) is 1.63.